The molecule has 1 aromatic heterocycles. The van der Waals surface area contributed by atoms with Gasteiger partial charge in [-0.05, 0) is 42.1 Å². The maximum atomic E-state index is 4.50. The van der Waals surface area contributed by atoms with E-state index >= 15 is 0 Å². The Kier molecular flexibility index (Phi) is 4.84. The zero-order chi connectivity index (χ0) is 11.6. The largest absolute Gasteiger partial charge is 0.268 e. The minimum Gasteiger partial charge on any atom is -0.268 e. The van der Waals surface area contributed by atoms with Gasteiger partial charge in [-0.15, -0.1) is 0 Å². The van der Waals surface area contributed by atoms with Gasteiger partial charge in [-0.25, -0.2) is 0 Å². The zero-order valence-electron chi connectivity index (χ0n) is 9.72. The van der Waals surface area contributed by atoms with Crippen LogP contribution in [0.25, 0.3) is 0 Å². The highest BCUT2D eigenvalue weighted by Gasteiger charge is 2.17. The maximum Gasteiger partial charge on any atom is 0.0738 e. The average Bonchev–Trinajstić information content (AvgIpc) is 2.45. The lowest BCUT2D eigenvalue weighted by molar-refractivity contribution is 0.529. The Balaban J connectivity index is 2.92. The first-order valence-electron chi connectivity index (χ1n) is 5.33. The number of aryl methyl sites for hydroxylation is 2. The van der Waals surface area contributed by atoms with Gasteiger partial charge in [0.1, 0.15) is 0 Å². The summed E-state index contributed by atoms with van der Waals surface area (Å²) in [6, 6.07) is 0. The summed E-state index contributed by atoms with van der Waals surface area (Å²) in [7, 11) is 0. The van der Waals surface area contributed by atoms with Crippen LogP contribution in [0.1, 0.15) is 32.2 Å². The Morgan fingerprint density at radius 1 is 1.40 bits per heavy atom. The molecule has 2 unspecified atom stereocenters. The smallest absolute Gasteiger partial charge is 0.0738 e. The van der Waals surface area contributed by atoms with Crippen LogP contribution in [0.15, 0.2) is 4.47 Å². The molecule has 0 spiro atoms. The normalized spacial score (nSPS) is 15.3. The molecule has 0 aliphatic heterocycles. The predicted octanol–water partition coefficient (Wildman–Crippen LogP) is 3.94. The molecule has 0 aromatic carbocycles. The minimum atomic E-state index is 0.532. The summed E-state index contributed by atoms with van der Waals surface area (Å²) in [5.74, 6) is 0.614. The zero-order valence-corrected chi connectivity index (χ0v) is 12.9. The van der Waals surface area contributed by atoms with E-state index in [4.69, 9.17) is 0 Å². The molecule has 15 heavy (non-hydrogen) atoms. The first-order valence-corrected chi connectivity index (χ1v) is 7.04. The summed E-state index contributed by atoms with van der Waals surface area (Å²) >= 11 is 7.25. The third-order valence-corrected chi connectivity index (χ3v) is 4.69. The maximum absolute atomic E-state index is 4.50. The van der Waals surface area contributed by atoms with Crippen molar-refractivity contribution in [1.82, 2.24) is 9.78 Å². The van der Waals surface area contributed by atoms with Crippen LogP contribution in [0.3, 0.4) is 0 Å². The van der Waals surface area contributed by atoms with Gasteiger partial charge in [0, 0.05) is 11.4 Å². The lowest BCUT2D eigenvalue weighted by Crippen LogP contribution is -2.13. The molecule has 1 rings (SSSR count). The molecule has 2 nitrogen and oxygen atoms in total. The van der Waals surface area contributed by atoms with Crippen molar-refractivity contribution in [3.05, 3.63) is 15.9 Å². The molecule has 0 aliphatic carbocycles. The quantitative estimate of drug-likeness (QED) is 0.761. The van der Waals surface area contributed by atoms with Crippen LogP contribution in [-0.4, -0.2) is 14.6 Å². The molecule has 0 fully saturated rings. The first-order chi connectivity index (χ1) is 6.97. The molecule has 4 heteroatoms. The van der Waals surface area contributed by atoms with Crippen molar-refractivity contribution < 1.29 is 0 Å². The fraction of sp³-hybridized carbons (Fsp3) is 0.727. The number of nitrogens with zero attached hydrogens (tertiary/aromatic N) is 2. The standard InChI is InChI=1S/C11H18Br2N2/c1-5-15-10(6-7(2)8(3)12)11(13)9(4)14-15/h7-8H,5-6H2,1-4H3. The van der Waals surface area contributed by atoms with Gasteiger partial charge in [0.2, 0.25) is 0 Å². The van der Waals surface area contributed by atoms with Crippen molar-refractivity contribution in [1.29, 1.82) is 0 Å². The molecule has 0 amide bonds. The van der Waals surface area contributed by atoms with Gasteiger partial charge < -0.3 is 0 Å². The SMILES string of the molecule is CCn1nc(C)c(Br)c1CC(C)C(C)Br. The second-order valence-corrected chi connectivity index (χ2v) is 6.26. The van der Waals surface area contributed by atoms with Gasteiger partial charge >= 0.3 is 0 Å². The second-order valence-electron chi connectivity index (χ2n) is 4.02. The Morgan fingerprint density at radius 3 is 2.47 bits per heavy atom. The molecule has 0 radical (unpaired) electrons. The third-order valence-electron chi connectivity index (χ3n) is 2.75. The number of aromatic nitrogens is 2. The third kappa shape index (κ3) is 3.06. The fourth-order valence-electron chi connectivity index (χ4n) is 1.53. The van der Waals surface area contributed by atoms with E-state index in [9.17, 15) is 0 Å². The number of rotatable bonds is 4. The van der Waals surface area contributed by atoms with Crippen molar-refractivity contribution in [3.63, 3.8) is 0 Å². The van der Waals surface area contributed by atoms with Crippen LogP contribution in [0.5, 0.6) is 0 Å². The van der Waals surface area contributed by atoms with Gasteiger partial charge in [-0.1, -0.05) is 29.8 Å². The summed E-state index contributed by atoms with van der Waals surface area (Å²) in [5, 5.41) is 4.50. The molecule has 0 N–H and O–H groups in total. The molecule has 0 aliphatic rings. The molecule has 86 valence electrons. The van der Waals surface area contributed by atoms with Crippen molar-refractivity contribution in [2.24, 2.45) is 5.92 Å². The van der Waals surface area contributed by atoms with E-state index in [0.29, 0.717) is 10.7 Å². The Bertz CT molecular complexity index is 332. The topological polar surface area (TPSA) is 17.8 Å². The number of halogens is 2. The van der Waals surface area contributed by atoms with Gasteiger partial charge in [0.05, 0.1) is 15.9 Å². The van der Waals surface area contributed by atoms with Crippen molar-refractivity contribution in [2.75, 3.05) is 0 Å². The summed E-state index contributed by atoms with van der Waals surface area (Å²) < 4.78 is 3.26. The highest BCUT2D eigenvalue weighted by atomic mass is 79.9. The van der Waals surface area contributed by atoms with E-state index < -0.39 is 0 Å². The van der Waals surface area contributed by atoms with Crippen molar-refractivity contribution >= 4 is 31.9 Å². The van der Waals surface area contributed by atoms with E-state index in [-0.39, 0.29) is 0 Å². The second kappa shape index (κ2) is 5.48. The Hall–Kier alpha value is 0.170. The van der Waals surface area contributed by atoms with E-state index in [2.05, 4.69) is 62.4 Å². The van der Waals surface area contributed by atoms with Gasteiger partial charge in [0.25, 0.3) is 0 Å². The van der Waals surface area contributed by atoms with Crippen LogP contribution >= 0.6 is 31.9 Å². The number of alkyl halides is 1. The highest BCUT2D eigenvalue weighted by Crippen LogP contribution is 2.26. The lowest BCUT2D eigenvalue weighted by Gasteiger charge is -2.15. The molecule has 0 saturated carbocycles. The van der Waals surface area contributed by atoms with Crippen LogP contribution in [0.4, 0.5) is 0 Å². The van der Waals surface area contributed by atoms with Crippen molar-refractivity contribution in [2.45, 2.75) is 45.5 Å². The molecule has 1 aromatic rings. The molecular weight excluding hydrogens is 320 g/mol. The summed E-state index contributed by atoms with van der Waals surface area (Å²) in [6.07, 6.45) is 1.06. The Morgan fingerprint density at radius 2 is 2.00 bits per heavy atom. The fourth-order valence-corrected chi connectivity index (χ4v) is 2.16. The number of hydrogen-bond acceptors (Lipinski definition) is 1. The van der Waals surface area contributed by atoms with Gasteiger partial charge in [-0.3, -0.25) is 4.68 Å². The predicted molar refractivity (Wildman–Crippen MR) is 71.6 cm³/mol. The highest BCUT2D eigenvalue weighted by molar-refractivity contribution is 9.10. The average molecular weight is 338 g/mol. The van der Waals surface area contributed by atoms with Crippen LogP contribution in [0.2, 0.25) is 0 Å². The number of hydrogen-bond donors (Lipinski definition) is 0. The summed E-state index contributed by atoms with van der Waals surface area (Å²) in [5.41, 5.74) is 2.40. The van der Waals surface area contributed by atoms with E-state index in [1.54, 1.807) is 0 Å². The van der Waals surface area contributed by atoms with E-state index in [1.807, 2.05) is 6.92 Å². The Labute approximate surface area is 109 Å². The van der Waals surface area contributed by atoms with Crippen LogP contribution in [-0.2, 0) is 13.0 Å². The molecule has 0 saturated heterocycles. The van der Waals surface area contributed by atoms with Crippen LogP contribution in [0, 0.1) is 12.8 Å². The van der Waals surface area contributed by atoms with E-state index in [0.717, 1.165) is 18.7 Å². The van der Waals surface area contributed by atoms with E-state index in [1.165, 1.54) is 10.2 Å². The molecule has 1 heterocycles. The molecule has 2 atom stereocenters. The van der Waals surface area contributed by atoms with Gasteiger partial charge in [0.15, 0.2) is 0 Å². The summed E-state index contributed by atoms with van der Waals surface area (Å²) in [4.78, 5) is 0.532. The molecule has 0 bridgehead atoms. The van der Waals surface area contributed by atoms with Crippen molar-refractivity contribution in [3.8, 4) is 0 Å². The molecular formula is C11H18Br2N2. The minimum absolute atomic E-state index is 0.532. The summed E-state index contributed by atoms with van der Waals surface area (Å²) in [6.45, 7) is 9.56. The lowest BCUT2D eigenvalue weighted by atomic mass is 10.0. The van der Waals surface area contributed by atoms with Crippen LogP contribution < -0.4 is 0 Å². The monoisotopic (exact) mass is 336 g/mol. The van der Waals surface area contributed by atoms with Gasteiger partial charge in [-0.2, -0.15) is 5.10 Å². The first kappa shape index (κ1) is 13.2.